The molecule has 0 saturated heterocycles. The molecule has 0 spiro atoms. The number of hydrogen-bond donors (Lipinski definition) is 2. The Morgan fingerprint density at radius 2 is 1.66 bits per heavy atom. The average molecular weight is 564 g/mol. The van der Waals surface area contributed by atoms with Crippen LogP contribution in [0.15, 0.2) is 98.6 Å². The Kier molecular flexibility index (Phi) is 6.38. The monoisotopic (exact) mass is 562 g/mol. The summed E-state index contributed by atoms with van der Waals surface area (Å²) in [6.45, 7) is 0. The zero-order valence-electron chi connectivity index (χ0n) is 18.0. The van der Waals surface area contributed by atoms with Crippen LogP contribution in [0.3, 0.4) is 0 Å². The molecule has 5 rings (SSSR count). The molecule has 8 heteroatoms. The van der Waals surface area contributed by atoms with Crippen LogP contribution < -0.4 is 16.3 Å². The van der Waals surface area contributed by atoms with Gasteiger partial charge in [-0.3, -0.25) is 10.1 Å². The molecule has 4 aromatic carbocycles. The summed E-state index contributed by atoms with van der Waals surface area (Å²) in [6.07, 6.45) is 0. The largest absolute Gasteiger partial charge is 0.422 e. The molecule has 35 heavy (non-hydrogen) atoms. The Morgan fingerprint density at radius 3 is 2.49 bits per heavy atom. The van der Waals surface area contributed by atoms with Crippen LogP contribution >= 0.6 is 39.7 Å². The lowest BCUT2D eigenvalue weighted by Gasteiger charge is -2.13. The highest BCUT2D eigenvalue weighted by atomic mass is 79.9. The Balaban J connectivity index is 1.35. The SMILES string of the molecule is O=C(NC(=S)Nc1ccc(-c2cc3ccccc3oc2=O)c(Cl)c1)c1cccc2c(Br)cccc12. The molecule has 0 saturated carbocycles. The van der Waals surface area contributed by atoms with Crippen LogP contribution in [0.25, 0.3) is 32.9 Å². The van der Waals surface area contributed by atoms with Gasteiger partial charge in [0.15, 0.2) is 5.11 Å². The van der Waals surface area contributed by atoms with Gasteiger partial charge >= 0.3 is 5.63 Å². The molecule has 172 valence electrons. The fourth-order valence-corrected chi connectivity index (χ4v) is 4.85. The lowest BCUT2D eigenvalue weighted by atomic mass is 10.0. The number of fused-ring (bicyclic) bond motifs is 2. The number of hydrogen-bond acceptors (Lipinski definition) is 4. The highest BCUT2D eigenvalue weighted by Gasteiger charge is 2.15. The number of carbonyl (C=O) groups excluding carboxylic acids is 1. The molecule has 1 aromatic heterocycles. The quantitative estimate of drug-likeness (QED) is 0.180. The Labute approximate surface area is 218 Å². The van der Waals surface area contributed by atoms with Gasteiger partial charge in [-0.1, -0.05) is 76.1 Å². The smallest absolute Gasteiger partial charge is 0.344 e. The van der Waals surface area contributed by atoms with E-state index in [1.54, 1.807) is 42.5 Å². The second-order valence-electron chi connectivity index (χ2n) is 7.73. The van der Waals surface area contributed by atoms with Crippen LogP contribution in [0.4, 0.5) is 5.69 Å². The number of nitrogens with one attached hydrogen (secondary N) is 2. The molecule has 5 aromatic rings. The fourth-order valence-electron chi connectivity index (χ4n) is 3.86. The minimum atomic E-state index is -0.476. The van der Waals surface area contributed by atoms with Crippen molar-refractivity contribution in [2.24, 2.45) is 0 Å². The van der Waals surface area contributed by atoms with Gasteiger partial charge in [0, 0.05) is 26.7 Å². The summed E-state index contributed by atoms with van der Waals surface area (Å²) >= 11 is 15.4. The Hall–Kier alpha value is -3.52. The molecule has 0 fully saturated rings. The van der Waals surface area contributed by atoms with E-state index in [1.807, 2.05) is 42.5 Å². The van der Waals surface area contributed by atoms with Crippen LogP contribution in [-0.2, 0) is 0 Å². The van der Waals surface area contributed by atoms with E-state index in [1.165, 1.54) is 0 Å². The Bertz CT molecular complexity index is 1700. The fraction of sp³-hybridized carbons (Fsp3) is 0. The van der Waals surface area contributed by atoms with Gasteiger partial charge in [-0.15, -0.1) is 0 Å². The highest BCUT2D eigenvalue weighted by molar-refractivity contribution is 9.10. The lowest BCUT2D eigenvalue weighted by Crippen LogP contribution is -2.34. The van der Waals surface area contributed by atoms with Crippen molar-refractivity contribution in [3.63, 3.8) is 0 Å². The molecule has 0 bridgehead atoms. The molecule has 0 aliphatic rings. The number of halogens is 2. The molecule has 0 atom stereocenters. The van der Waals surface area contributed by atoms with Crippen molar-refractivity contribution in [1.82, 2.24) is 5.32 Å². The summed E-state index contributed by atoms with van der Waals surface area (Å²) in [7, 11) is 0. The van der Waals surface area contributed by atoms with E-state index >= 15 is 0 Å². The molecule has 1 amide bonds. The van der Waals surface area contributed by atoms with Crippen molar-refractivity contribution in [2.75, 3.05) is 5.32 Å². The average Bonchev–Trinajstić information content (AvgIpc) is 2.84. The maximum absolute atomic E-state index is 12.9. The lowest BCUT2D eigenvalue weighted by molar-refractivity contribution is 0.0979. The summed E-state index contributed by atoms with van der Waals surface area (Å²) in [5, 5.41) is 8.67. The third-order valence-corrected chi connectivity index (χ3v) is 6.71. The molecule has 1 heterocycles. The standard InChI is InChI=1S/C27H16BrClN2O3S/c28-22-9-4-6-17-18(22)7-3-8-20(17)25(32)31-27(35)30-16-11-12-19(23(29)14-16)21-13-15-5-1-2-10-24(15)34-26(21)33/h1-14H,(H2,30,31,32,35). The van der Waals surface area contributed by atoms with E-state index in [2.05, 4.69) is 26.6 Å². The highest BCUT2D eigenvalue weighted by Crippen LogP contribution is 2.30. The first kappa shape index (κ1) is 23.2. The Morgan fingerprint density at radius 1 is 0.886 bits per heavy atom. The van der Waals surface area contributed by atoms with Gasteiger partial charge in [0.2, 0.25) is 0 Å². The van der Waals surface area contributed by atoms with E-state index < -0.39 is 5.63 Å². The predicted molar refractivity (Wildman–Crippen MR) is 148 cm³/mol. The van der Waals surface area contributed by atoms with E-state index in [9.17, 15) is 9.59 Å². The van der Waals surface area contributed by atoms with Crippen molar-refractivity contribution >= 4 is 78.2 Å². The van der Waals surface area contributed by atoms with Gasteiger partial charge in [0.1, 0.15) is 5.58 Å². The van der Waals surface area contributed by atoms with Crippen molar-refractivity contribution in [1.29, 1.82) is 0 Å². The molecule has 0 radical (unpaired) electrons. The first-order valence-corrected chi connectivity index (χ1v) is 12.1. The van der Waals surface area contributed by atoms with Crippen LogP contribution in [0, 0.1) is 0 Å². The van der Waals surface area contributed by atoms with Gasteiger partial charge in [0.05, 0.1) is 10.6 Å². The minimum absolute atomic E-state index is 0.121. The number of carbonyl (C=O) groups is 1. The maximum Gasteiger partial charge on any atom is 0.344 e. The molecule has 0 aliphatic carbocycles. The number of para-hydroxylation sites is 1. The summed E-state index contributed by atoms with van der Waals surface area (Å²) in [5.41, 5.74) is 2.00. The molecular formula is C27H16BrClN2O3S. The van der Waals surface area contributed by atoms with E-state index in [-0.39, 0.29) is 11.0 Å². The molecular weight excluding hydrogens is 548 g/mol. The summed E-state index contributed by atoms with van der Waals surface area (Å²) in [5.74, 6) is -0.331. The first-order chi connectivity index (χ1) is 16.9. The van der Waals surface area contributed by atoms with Gasteiger partial charge in [-0.2, -0.15) is 0 Å². The first-order valence-electron chi connectivity index (χ1n) is 10.5. The third kappa shape index (κ3) is 4.71. The third-order valence-electron chi connectivity index (χ3n) is 5.50. The maximum atomic E-state index is 12.9. The predicted octanol–water partition coefficient (Wildman–Crippen LogP) is 7.16. The number of anilines is 1. The minimum Gasteiger partial charge on any atom is -0.422 e. The van der Waals surface area contributed by atoms with Crippen LogP contribution in [-0.4, -0.2) is 11.0 Å². The number of rotatable bonds is 3. The zero-order chi connectivity index (χ0) is 24.5. The number of thiocarbonyl (C=S) groups is 1. The summed E-state index contributed by atoms with van der Waals surface area (Å²) in [6, 6.07) is 25.3. The van der Waals surface area contributed by atoms with Crippen molar-refractivity contribution in [2.45, 2.75) is 0 Å². The second-order valence-corrected chi connectivity index (χ2v) is 9.40. The van der Waals surface area contributed by atoms with E-state index in [4.69, 9.17) is 28.2 Å². The summed E-state index contributed by atoms with van der Waals surface area (Å²) in [4.78, 5) is 25.4. The van der Waals surface area contributed by atoms with Crippen molar-refractivity contribution < 1.29 is 9.21 Å². The molecule has 0 aliphatic heterocycles. The second kappa shape index (κ2) is 9.62. The topological polar surface area (TPSA) is 71.3 Å². The van der Waals surface area contributed by atoms with Gasteiger partial charge < -0.3 is 9.73 Å². The molecule has 0 unspecified atom stereocenters. The molecule has 5 nitrogen and oxygen atoms in total. The van der Waals surface area contributed by atoms with Crippen molar-refractivity contribution in [3.8, 4) is 11.1 Å². The zero-order valence-corrected chi connectivity index (χ0v) is 21.1. The van der Waals surface area contributed by atoms with Crippen LogP contribution in [0.5, 0.6) is 0 Å². The number of amides is 1. The van der Waals surface area contributed by atoms with Gasteiger partial charge in [0.25, 0.3) is 5.91 Å². The van der Waals surface area contributed by atoms with Gasteiger partial charge in [-0.25, -0.2) is 4.79 Å². The van der Waals surface area contributed by atoms with Crippen LogP contribution in [0.2, 0.25) is 5.02 Å². The normalized spacial score (nSPS) is 10.9. The van der Waals surface area contributed by atoms with Gasteiger partial charge in [-0.05, 0) is 59.4 Å². The summed E-state index contributed by atoms with van der Waals surface area (Å²) < 4.78 is 6.32. The van der Waals surface area contributed by atoms with Crippen molar-refractivity contribution in [3.05, 3.63) is 110 Å². The van der Waals surface area contributed by atoms with E-state index in [0.717, 1.165) is 20.6 Å². The van der Waals surface area contributed by atoms with Crippen LogP contribution in [0.1, 0.15) is 10.4 Å². The molecule has 2 N–H and O–H groups in total. The van der Waals surface area contributed by atoms with E-state index in [0.29, 0.717) is 33.0 Å². The number of benzene rings is 4.